The van der Waals surface area contributed by atoms with Crippen LogP contribution in [-0.4, -0.2) is 33.7 Å². The first-order chi connectivity index (χ1) is 8.65. The molecule has 0 bridgehead atoms. The second-order valence-corrected chi connectivity index (χ2v) is 4.69. The maximum atomic E-state index is 5.54. The number of hydrogen-bond donors (Lipinski definition) is 2. The van der Waals surface area contributed by atoms with Gasteiger partial charge < -0.3 is 14.2 Å². The van der Waals surface area contributed by atoms with Gasteiger partial charge in [-0.25, -0.2) is 0 Å². The Balaban J connectivity index is 2.89. The third kappa shape index (κ3) is 3.93. The number of halogens is 1. The summed E-state index contributed by atoms with van der Waals surface area (Å²) in [6.45, 7) is 0. The van der Waals surface area contributed by atoms with Gasteiger partial charge in [-0.2, -0.15) is 0 Å². The van der Waals surface area contributed by atoms with Gasteiger partial charge in [0.05, 0.1) is 13.2 Å². The minimum Gasteiger partial charge on any atom is -0.496 e. The van der Waals surface area contributed by atoms with Crippen LogP contribution in [0.5, 0.6) is 5.75 Å². The lowest BCUT2D eigenvalue weighted by atomic mass is 10.0. The fourth-order valence-electron chi connectivity index (χ4n) is 1.80. The standard InChI is InChI=1S/C12H19BrN2O3/c1-16-11-5-4-9(13)6-8(11)7-10(15-14)12(17-2)18-3/h4-6,10,12,15H,7,14H2,1-3H3. The van der Waals surface area contributed by atoms with Gasteiger partial charge in [0.15, 0.2) is 6.29 Å². The predicted molar refractivity (Wildman–Crippen MR) is 73.3 cm³/mol. The molecule has 0 spiro atoms. The largest absolute Gasteiger partial charge is 0.496 e. The molecule has 3 N–H and O–H groups in total. The third-order valence-electron chi connectivity index (χ3n) is 2.69. The van der Waals surface area contributed by atoms with E-state index >= 15 is 0 Å². The molecule has 1 atom stereocenters. The van der Waals surface area contributed by atoms with Crippen molar-refractivity contribution in [3.63, 3.8) is 0 Å². The highest BCUT2D eigenvalue weighted by Crippen LogP contribution is 2.24. The van der Waals surface area contributed by atoms with Crippen LogP contribution in [-0.2, 0) is 15.9 Å². The molecule has 6 heteroatoms. The molecule has 1 aromatic rings. The fraction of sp³-hybridized carbons (Fsp3) is 0.500. The van der Waals surface area contributed by atoms with Crippen LogP contribution in [0.15, 0.2) is 22.7 Å². The number of nitrogens with two attached hydrogens (primary N) is 1. The van der Waals surface area contributed by atoms with Crippen molar-refractivity contribution >= 4 is 15.9 Å². The molecule has 5 nitrogen and oxygen atoms in total. The Hall–Kier alpha value is -0.660. The van der Waals surface area contributed by atoms with Crippen molar-refractivity contribution in [2.45, 2.75) is 18.8 Å². The molecule has 0 saturated heterocycles. The van der Waals surface area contributed by atoms with E-state index in [1.165, 1.54) is 0 Å². The van der Waals surface area contributed by atoms with Crippen LogP contribution in [0.4, 0.5) is 0 Å². The van der Waals surface area contributed by atoms with Gasteiger partial charge in [-0.05, 0) is 30.2 Å². The van der Waals surface area contributed by atoms with Gasteiger partial charge in [0.25, 0.3) is 0 Å². The monoisotopic (exact) mass is 318 g/mol. The van der Waals surface area contributed by atoms with E-state index in [0.29, 0.717) is 6.42 Å². The van der Waals surface area contributed by atoms with E-state index < -0.39 is 6.29 Å². The third-order valence-corrected chi connectivity index (χ3v) is 3.18. The lowest BCUT2D eigenvalue weighted by Gasteiger charge is -2.24. The molecule has 0 saturated carbocycles. The molecule has 0 aliphatic rings. The molecule has 18 heavy (non-hydrogen) atoms. The highest BCUT2D eigenvalue weighted by atomic mass is 79.9. The van der Waals surface area contributed by atoms with Gasteiger partial charge >= 0.3 is 0 Å². The number of hydrogen-bond acceptors (Lipinski definition) is 5. The maximum absolute atomic E-state index is 5.54. The molecule has 0 aromatic heterocycles. The van der Waals surface area contributed by atoms with Crippen molar-refractivity contribution in [2.75, 3.05) is 21.3 Å². The first-order valence-corrected chi connectivity index (χ1v) is 6.29. The lowest BCUT2D eigenvalue weighted by Crippen LogP contribution is -2.47. The minimum absolute atomic E-state index is 0.164. The van der Waals surface area contributed by atoms with E-state index in [0.717, 1.165) is 15.8 Å². The van der Waals surface area contributed by atoms with Crippen LogP contribution in [0, 0.1) is 0 Å². The minimum atomic E-state index is -0.418. The predicted octanol–water partition coefficient (Wildman–Crippen LogP) is 1.45. The summed E-state index contributed by atoms with van der Waals surface area (Å²) in [6, 6.07) is 5.66. The highest BCUT2D eigenvalue weighted by Gasteiger charge is 2.21. The zero-order valence-electron chi connectivity index (χ0n) is 10.8. The second-order valence-electron chi connectivity index (χ2n) is 3.77. The van der Waals surface area contributed by atoms with E-state index in [1.54, 1.807) is 21.3 Å². The summed E-state index contributed by atoms with van der Waals surface area (Å²) in [6.07, 6.45) is 0.213. The van der Waals surface area contributed by atoms with Crippen LogP contribution in [0.25, 0.3) is 0 Å². The molecule has 1 unspecified atom stereocenters. The average molecular weight is 319 g/mol. The Bertz CT molecular complexity index is 372. The summed E-state index contributed by atoms with van der Waals surface area (Å²) in [5.41, 5.74) is 3.72. The Morgan fingerprint density at radius 3 is 2.44 bits per heavy atom. The molecule has 0 aliphatic heterocycles. The van der Waals surface area contributed by atoms with E-state index in [9.17, 15) is 0 Å². The summed E-state index contributed by atoms with van der Waals surface area (Å²) < 4.78 is 16.7. The van der Waals surface area contributed by atoms with Gasteiger partial charge in [0.1, 0.15) is 5.75 Å². The molecule has 0 heterocycles. The van der Waals surface area contributed by atoms with Crippen LogP contribution in [0.2, 0.25) is 0 Å². The molecular weight excluding hydrogens is 300 g/mol. The zero-order valence-corrected chi connectivity index (χ0v) is 12.4. The Morgan fingerprint density at radius 1 is 1.28 bits per heavy atom. The highest BCUT2D eigenvalue weighted by molar-refractivity contribution is 9.10. The first kappa shape index (κ1) is 15.4. The van der Waals surface area contributed by atoms with Crippen LogP contribution in [0.3, 0.4) is 0 Å². The van der Waals surface area contributed by atoms with E-state index in [4.69, 9.17) is 20.1 Å². The Kier molecular flexibility index (Phi) is 6.59. The Labute approximate surface area is 116 Å². The number of hydrazine groups is 1. The van der Waals surface area contributed by atoms with E-state index in [-0.39, 0.29) is 6.04 Å². The van der Waals surface area contributed by atoms with Crippen molar-refractivity contribution in [3.8, 4) is 5.75 Å². The lowest BCUT2D eigenvalue weighted by molar-refractivity contribution is -0.122. The van der Waals surface area contributed by atoms with Gasteiger partial charge in [-0.15, -0.1) is 0 Å². The molecule has 0 radical (unpaired) electrons. The van der Waals surface area contributed by atoms with E-state index in [1.807, 2.05) is 18.2 Å². The summed E-state index contributed by atoms with van der Waals surface area (Å²) in [5.74, 6) is 6.35. The molecule has 0 amide bonds. The molecule has 0 aliphatic carbocycles. The summed E-state index contributed by atoms with van der Waals surface area (Å²) >= 11 is 3.44. The van der Waals surface area contributed by atoms with Crippen molar-refractivity contribution in [1.29, 1.82) is 0 Å². The molecule has 102 valence electrons. The van der Waals surface area contributed by atoms with Gasteiger partial charge in [0.2, 0.25) is 0 Å². The normalized spacial score (nSPS) is 12.8. The smallest absolute Gasteiger partial charge is 0.173 e. The van der Waals surface area contributed by atoms with Crippen molar-refractivity contribution in [3.05, 3.63) is 28.2 Å². The maximum Gasteiger partial charge on any atom is 0.173 e. The number of methoxy groups -OCH3 is 3. The van der Waals surface area contributed by atoms with Crippen LogP contribution >= 0.6 is 15.9 Å². The van der Waals surface area contributed by atoms with Crippen molar-refractivity contribution in [2.24, 2.45) is 5.84 Å². The topological polar surface area (TPSA) is 65.7 Å². The number of benzene rings is 1. The summed E-state index contributed by atoms with van der Waals surface area (Å²) in [4.78, 5) is 0. The quantitative estimate of drug-likeness (QED) is 0.452. The number of rotatable bonds is 7. The molecule has 0 fully saturated rings. The van der Waals surface area contributed by atoms with Gasteiger partial charge in [-0.1, -0.05) is 15.9 Å². The zero-order chi connectivity index (χ0) is 13.5. The second kappa shape index (κ2) is 7.70. The summed E-state index contributed by atoms with van der Waals surface area (Å²) in [7, 11) is 4.80. The Morgan fingerprint density at radius 2 is 1.94 bits per heavy atom. The van der Waals surface area contributed by atoms with Gasteiger partial charge in [-0.3, -0.25) is 11.3 Å². The SMILES string of the molecule is COc1ccc(Br)cc1CC(NN)C(OC)OC. The number of nitrogens with one attached hydrogen (secondary N) is 1. The average Bonchev–Trinajstić information content (AvgIpc) is 2.39. The van der Waals surface area contributed by atoms with Gasteiger partial charge in [0, 0.05) is 18.7 Å². The molecule has 1 aromatic carbocycles. The fourth-order valence-corrected chi connectivity index (χ4v) is 2.21. The summed E-state index contributed by atoms with van der Waals surface area (Å²) in [5, 5.41) is 0. The van der Waals surface area contributed by atoms with Crippen LogP contribution < -0.4 is 16.0 Å². The van der Waals surface area contributed by atoms with Crippen molar-refractivity contribution in [1.82, 2.24) is 5.43 Å². The van der Waals surface area contributed by atoms with E-state index in [2.05, 4.69) is 21.4 Å². The van der Waals surface area contributed by atoms with Crippen molar-refractivity contribution < 1.29 is 14.2 Å². The molecule has 1 rings (SSSR count). The van der Waals surface area contributed by atoms with Crippen LogP contribution in [0.1, 0.15) is 5.56 Å². The first-order valence-electron chi connectivity index (χ1n) is 5.50. The molecular formula is C12H19BrN2O3. The number of ether oxygens (including phenoxy) is 3.